The molecule has 0 saturated heterocycles. The van der Waals surface area contributed by atoms with Gasteiger partial charge >= 0.3 is 0 Å². The molecule has 25 heavy (non-hydrogen) atoms. The second kappa shape index (κ2) is 5.77. The van der Waals surface area contributed by atoms with Crippen molar-refractivity contribution in [3.05, 3.63) is 65.1 Å². The van der Waals surface area contributed by atoms with Gasteiger partial charge in [-0.1, -0.05) is 24.3 Å². The molecule has 4 aromatic rings. The molecule has 2 N–H and O–H groups in total. The predicted octanol–water partition coefficient (Wildman–Crippen LogP) is 3.93. The Morgan fingerprint density at radius 1 is 1.08 bits per heavy atom. The minimum absolute atomic E-state index is 0.0210. The highest BCUT2D eigenvalue weighted by atomic mass is 16.2. The molecule has 0 aliphatic rings. The summed E-state index contributed by atoms with van der Waals surface area (Å²) in [6.07, 6.45) is 0. The van der Waals surface area contributed by atoms with E-state index in [0.29, 0.717) is 12.1 Å². The highest BCUT2D eigenvalue weighted by Gasteiger charge is 2.18. The lowest BCUT2D eigenvalue weighted by Crippen LogP contribution is -2.27. The van der Waals surface area contributed by atoms with Gasteiger partial charge in [0, 0.05) is 18.1 Å². The molecule has 0 atom stereocenters. The first kappa shape index (κ1) is 15.4. The Hall–Kier alpha value is -3.08. The van der Waals surface area contributed by atoms with E-state index < -0.39 is 0 Å². The lowest BCUT2D eigenvalue weighted by molar-refractivity contribution is 0.0783. The van der Waals surface area contributed by atoms with Gasteiger partial charge < -0.3 is 14.9 Å². The molecule has 0 unspecified atom stereocenters. The summed E-state index contributed by atoms with van der Waals surface area (Å²) < 4.78 is 0. The smallest absolute Gasteiger partial charge is 0.256 e. The minimum Gasteiger partial charge on any atom is -0.358 e. The van der Waals surface area contributed by atoms with Crippen LogP contribution < -0.4 is 0 Å². The van der Waals surface area contributed by atoms with Crippen LogP contribution in [0, 0.1) is 13.8 Å². The number of amides is 1. The van der Waals surface area contributed by atoms with Crippen molar-refractivity contribution in [3.8, 4) is 0 Å². The number of nitrogens with zero attached hydrogens (tertiary/aromatic N) is 2. The number of carbonyl (C=O) groups excluding carboxylic acids is 1. The SMILES string of the molecule is Cc1[nH]c2c(C(=O)N(C)Cc3nc4ccccc4[nH]3)cccc2c1C. The number of para-hydroxylation sites is 3. The Kier molecular flexibility index (Phi) is 3.57. The van der Waals surface area contributed by atoms with E-state index in [-0.39, 0.29) is 5.91 Å². The summed E-state index contributed by atoms with van der Waals surface area (Å²) in [5.41, 5.74) is 5.76. The third kappa shape index (κ3) is 2.58. The second-order valence-electron chi connectivity index (χ2n) is 6.46. The van der Waals surface area contributed by atoms with E-state index in [1.54, 1.807) is 11.9 Å². The highest BCUT2D eigenvalue weighted by molar-refractivity contribution is 6.06. The van der Waals surface area contributed by atoms with E-state index in [9.17, 15) is 4.79 Å². The minimum atomic E-state index is -0.0210. The first-order valence-electron chi connectivity index (χ1n) is 8.31. The number of aryl methyl sites for hydroxylation is 2. The first-order valence-corrected chi connectivity index (χ1v) is 8.31. The van der Waals surface area contributed by atoms with Gasteiger partial charge in [-0.05, 0) is 37.6 Å². The summed E-state index contributed by atoms with van der Waals surface area (Å²) in [7, 11) is 1.80. The molecule has 0 fully saturated rings. The van der Waals surface area contributed by atoms with Gasteiger partial charge in [-0.3, -0.25) is 4.79 Å². The van der Waals surface area contributed by atoms with E-state index in [1.807, 2.05) is 49.4 Å². The fourth-order valence-electron chi connectivity index (χ4n) is 3.24. The molecule has 0 spiro atoms. The Balaban J connectivity index is 1.65. The number of H-pyrrole nitrogens is 2. The summed E-state index contributed by atoms with van der Waals surface area (Å²) in [6, 6.07) is 13.7. The average molecular weight is 332 g/mol. The number of nitrogens with one attached hydrogen (secondary N) is 2. The number of hydrogen-bond donors (Lipinski definition) is 2. The van der Waals surface area contributed by atoms with E-state index in [0.717, 1.165) is 33.5 Å². The van der Waals surface area contributed by atoms with Gasteiger partial charge in [0.2, 0.25) is 0 Å². The summed E-state index contributed by atoms with van der Waals surface area (Å²) in [4.78, 5) is 25.8. The summed E-state index contributed by atoms with van der Waals surface area (Å²) in [6.45, 7) is 4.53. The Bertz CT molecular complexity index is 1060. The highest BCUT2D eigenvalue weighted by Crippen LogP contribution is 2.25. The van der Waals surface area contributed by atoms with Gasteiger partial charge in [0.25, 0.3) is 5.91 Å². The fraction of sp³-hybridized carbons (Fsp3) is 0.200. The molecule has 0 aliphatic heterocycles. The zero-order chi connectivity index (χ0) is 17.6. The van der Waals surface area contributed by atoms with Crippen LogP contribution >= 0.6 is 0 Å². The molecule has 0 radical (unpaired) electrons. The number of imidazole rings is 1. The van der Waals surface area contributed by atoms with Gasteiger partial charge in [-0.15, -0.1) is 0 Å². The first-order chi connectivity index (χ1) is 12.0. The van der Waals surface area contributed by atoms with Crippen molar-refractivity contribution in [2.45, 2.75) is 20.4 Å². The van der Waals surface area contributed by atoms with Crippen LogP contribution in [0.1, 0.15) is 27.4 Å². The average Bonchev–Trinajstić information content (AvgIpc) is 3.14. The van der Waals surface area contributed by atoms with Crippen molar-refractivity contribution in [3.63, 3.8) is 0 Å². The Morgan fingerprint density at radius 2 is 1.88 bits per heavy atom. The molecule has 5 heteroatoms. The second-order valence-corrected chi connectivity index (χ2v) is 6.46. The van der Waals surface area contributed by atoms with E-state index >= 15 is 0 Å². The molecule has 1 amide bonds. The third-order valence-corrected chi connectivity index (χ3v) is 4.75. The van der Waals surface area contributed by atoms with Crippen molar-refractivity contribution >= 4 is 27.8 Å². The Morgan fingerprint density at radius 3 is 2.68 bits per heavy atom. The van der Waals surface area contributed by atoms with Crippen LogP contribution in [-0.4, -0.2) is 32.8 Å². The largest absolute Gasteiger partial charge is 0.358 e. The van der Waals surface area contributed by atoms with Gasteiger partial charge in [0.05, 0.1) is 28.7 Å². The molecule has 4 rings (SSSR count). The zero-order valence-electron chi connectivity index (χ0n) is 14.6. The maximum atomic E-state index is 13.0. The lowest BCUT2D eigenvalue weighted by Gasteiger charge is -2.16. The van der Waals surface area contributed by atoms with Gasteiger partial charge in [-0.25, -0.2) is 4.98 Å². The summed E-state index contributed by atoms with van der Waals surface area (Å²) >= 11 is 0. The third-order valence-electron chi connectivity index (χ3n) is 4.75. The van der Waals surface area contributed by atoms with E-state index in [4.69, 9.17) is 0 Å². The topological polar surface area (TPSA) is 64.8 Å². The van der Waals surface area contributed by atoms with Crippen LogP contribution in [-0.2, 0) is 6.54 Å². The molecule has 2 aromatic heterocycles. The molecule has 5 nitrogen and oxygen atoms in total. The van der Waals surface area contributed by atoms with Crippen LogP contribution in [0.4, 0.5) is 0 Å². The predicted molar refractivity (Wildman–Crippen MR) is 99.7 cm³/mol. The Labute approximate surface area is 145 Å². The van der Waals surface area contributed by atoms with Crippen LogP contribution in [0.3, 0.4) is 0 Å². The van der Waals surface area contributed by atoms with E-state index in [2.05, 4.69) is 21.9 Å². The molecule has 126 valence electrons. The summed E-state index contributed by atoms with van der Waals surface area (Å²) in [5.74, 6) is 0.760. The number of rotatable bonds is 3. The fourth-order valence-corrected chi connectivity index (χ4v) is 3.24. The van der Waals surface area contributed by atoms with Crippen LogP contribution in [0.15, 0.2) is 42.5 Å². The maximum Gasteiger partial charge on any atom is 0.256 e. The molecule has 0 bridgehead atoms. The van der Waals surface area contributed by atoms with Crippen LogP contribution in [0.2, 0.25) is 0 Å². The molecule has 0 saturated carbocycles. The van der Waals surface area contributed by atoms with Crippen molar-refractivity contribution in [1.82, 2.24) is 19.9 Å². The molecule has 2 aromatic carbocycles. The van der Waals surface area contributed by atoms with Crippen LogP contribution in [0.25, 0.3) is 21.9 Å². The maximum absolute atomic E-state index is 13.0. The number of aromatic nitrogens is 3. The quantitative estimate of drug-likeness (QED) is 0.597. The van der Waals surface area contributed by atoms with Crippen molar-refractivity contribution in [2.75, 3.05) is 7.05 Å². The summed E-state index contributed by atoms with van der Waals surface area (Å²) in [5, 5.41) is 1.10. The van der Waals surface area contributed by atoms with Crippen molar-refractivity contribution < 1.29 is 4.79 Å². The normalized spacial score (nSPS) is 11.3. The number of hydrogen-bond acceptors (Lipinski definition) is 2. The number of carbonyl (C=O) groups is 1. The molecular weight excluding hydrogens is 312 g/mol. The van der Waals surface area contributed by atoms with Crippen molar-refractivity contribution in [2.24, 2.45) is 0 Å². The van der Waals surface area contributed by atoms with Gasteiger partial charge in [0.1, 0.15) is 5.82 Å². The monoisotopic (exact) mass is 332 g/mol. The van der Waals surface area contributed by atoms with E-state index in [1.165, 1.54) is 5.56 Å². The molecule has 0 aliphatic carbocycles. The van der Waals surface area contributed by atoms with Gasteiger partial charge in [-0.2, -0.15) is 0 Å². The van der Waals surface area contributed by atoms with Crippen molar-refractivity contribution in [1.29, 1.82) is 0 Å². The number of fused-ring (bicyclic) bond motifs is 2. The van der Waals surface area contributed by atoms with Crippen LogP contribution in [0.5, 0.6) is 0 Å². The zero-order valence-corrected chi connectivity index (χ0v) is 14.6. The number of benzene rings is 2. The molecule has 2 heterocycles. The number of aromatic amines is 2. The van der Waals surface area contributed by atoms with Gasteiger partial charge in [0.15, 0.2) is 0 Å². The standard InChI is InChI=1S/C20H20N4O/c1-12-13(2)21-19-14(12)7-6-8-15(19)20(25)24(3)11-18-22-16-9-4-5-10-17(16)23-18/h4-10,21H,11H2,1-3H3,(H,22,23). The molecular formula is C20H20N4O. The lowest BCUT2D eigenvalue weighted by atomic mass is 10.1.